The van der Waals surface area contributed by atoms with Crippen molar-refractivity contribution < 1.29 is 31.5 Å². The summed E-state index contributed by atoms with van der Waals surface area (Å²) < 4.78 is 57.7. The van der Waals surface area contributed by atoms with Gasteiger partial charge in [-0.25, -0.2) is 8.42 Å². The van der Waals surface area contributed by atoms with E-state index in [1.165, 1.54) is 7.05 Å². The highest BCUT2D eigenvalue weighted by atomic mass is 35.5. The third kappa shape index (κ3) is 4.51. The molecule has 0 saturated heterocycles. The summed E-state index contributed by atoms with van der Waals surface area (Å²) in [6.07, 6.45) is 0. The zero-order valence-corrected chi connectivity index (χ0v) is 12.6. The molecule has 0 amide bonds. The van der Waals surface area contributed by atoms with Crippen LogP contribution >= 0.6 is 11.6 Å². The van der Waals surface area contributed by atoms with Crippen molar-refractivity contribution in [2.75, 3.05) is 20.7 Å². The van der Waals surface area contributed by atoms with E-state index in [9.17, 15) is 22.0 Å². The lowest BCUT2D eigenvalue weighted by molar-refractivity contribution is -0.140. The Kier molecular flexibility index (Phi) is 5.87. The molecule has 0 aliphatic heterocycles. The van der Waals surface area contributed by atoms with Crippen LogP contribution in [0.2, 0.25) is 5.02 Å². The van der Waals surface area contributed by atoms with E-state index in [0.29, 0.717) is 0 Å². The van der Waals surface area contributed by atoms with Crippen LogP contribution in [0.3, 0.4) is 0 Å². The van der Waals surface area contributed by atoms with Crippen molar-refractivity contribution in [1.29, 1.82) is 0 Å². The molecule has 0 bridgehead atoms. The summed E-state index contributed by atoms with van der Waals surface area (Å²) >= 11 is 5.68. The highest BCUT2D eigenvalue weighted by molar-refractivity contribution is 7.89. The van der Waals surface area contributed by atoms with Crippen molar-refractivity contribution in [2.45, 2.75) is 11.5 Å². The Morgan fingerprint density at radius 3 is 2.52 bits per heavy atom. The molecule has 0 saturated carbocycles. The van der Waals surface area contributed by atoms with E-state index in [-0.39, 0.29) is 15.7 Å². The highest BCUT2D eigenvalue weighted by Gasteiger charge is 2.24. The lowest BCUT2D eigenvalue weighted by Crippen LogP contribution is -2.32. The minimum absolute atomic E-state index is 0.263. The summed E-state index contributed by atoms with van der Waals surface area (Å²) in [4.78, 5) is 10.8. The quantitative estimate of drug-likeness (QED) is 0.736. The number of esters is 1. The van der Waals surface area contributed by atoms with Gasteiger partial charge in [0.1, 0.15) is 12.3 Å². The van der Waals surface area contributed by atoms with Crippen LogP contribution in [0.4, 0.5) is 8.78 Å². The predicted octanol–water partition coefficient (Wildman–Crippen LogP) is 1.73. The van der Waals surface area contributed by atoms with Gasteiger partial charge in [0.2, 0.25) is 10.0 Å². The van der Waals surface area contributed by atoms with Crippen molar-refractivity contribution in [2.24, 2.45) is 0 Å². The number of rotatable bonds is 6. The summed E-state index contributed by atoms with van der Waals surface area (Å²) in [5, 5.41) is -0.289. The number of halogens is 3. The third-order valence-electron chi connectivity index (χ3n) is 2.41. The van der Waals surface area contributed by atoms with Gasteiger partial charge >= 0.3 is 12.6 Å². The maximum atomic E-state index is 12.1. The fourth-order valence-corrected chi connectivity index (χ4v) is 2.78. The van der Waals surface area contributed by atoms with Gasteiger partial charge in [-0.2, -0.15) is 13.1 Å². The third-order valence-corrected chi connectivity index (χ3v) is 4.50. The number of likely N-dealkylation sites (N-methyl/N-ethyl adjacent to an activating group) is 1. The van der Waals surface area contributed by atoms with Crippen LogP contribution in [-0.2, 0) is 19.6 Å². The molecule has 0 atom stereocenters. The maximum Gasteiger partial charge on any atom is 0.387 e. The SMILES string of the molecule is COC(=O)CN(C)S(=O)(=O)c1ccc(OC(F)F)c(Cl)c1. The molecule has 0 spiro atoms. The van der Waals surface area contributed by atoms with Crippen LogP contribution in [0.15, 0.2) is 23.1 Å². The molecule has 1 rings (SSSR count). The summed E-state index contributed by atoms with van der Waals surface area (Å²) in [5.41, 5.74) is 0. The molecule has 0 N–H and O–H groups in total. The van der Waals surface area contributed by atoms with E-state index in [0.717, 1.165) is 29.6 Å². The Bertz CT molecular complexity index is 623. The normalized spacial score (nSPS) is 11.8. The Balaban J connectivity index is 3.04. The van der Waals surface area contributed by atoms with E-state index >= 15 is 0 Å². The molecule has 21 heavy (non-hydrogen) atoms. The van der Waals surface area contributed by atoms with Crippen molar-refractivity contribution in [1.82, 2.24) is 4.31 Å². The van der Waals surface area contributed by atoms with Gasteiger partial charge in [0.15, 0.2) is 0 Å². The zero-order chi connectivity index (χ0) is 16.2. The first-order valence-electron chi connectivity index (χ1n) is 5.46. The fraction of sp³-hybridized carbons (Fsp3) is 0.364. The van der Waals surface area contributed by atoms with E-state index in [4.69, 9.17) is 11.6 Å². The van der Waals surface area contributed by atoms with Crippen LogP contribution in [0.25, 0.3) is 0 Å². The molecule has 10 heteroatoms. The molecule has 1 aromatic carbocycles. The van der Waals surface area contributed by atoms with Crippen molar-refractivity contribution in [3.8, 4) is 5.75 Å². The van der Waals surface area contributed by atoms with Gasteiger partial charge in [0.05, 0.1) is 17.0 Å². The maximum absolute atomic E-state index is 12.1. The van der Waals surface area contributed by atoms with Crippen molar-refractivity contribution in [3.05, 3.63) is 23.2 Å². The minimum atomic E-state index is -4.01. The number of sulfonamides is 1. The summed E-state index contributed by atoms with van der Waals surface area (Å²) in [5.74, 6) is -1.09. The van der Waals surface area contributed by atoms with E-state index < -0.39 is 29.1 Å². The smallest absolute Gasteiger partial charge is 0.387 e. The average Bonchev–Trinajstić information content (AvgIpc) is 2.40. The summed E-state index contributed by atoms with van der Waals surface area (Å²) in [6.45, 7) is -3.57. The molecule has 0 aromatic heterocycles. The second-order valence-electron chi connectivity index (χ2n) is 3.81. The minimum Gasteiger partial charge on any atom is -0.468 e. The molecule has 0 unspecified atom stereocenters. The largest absolute Gasteiger partial charge is 0.468 e. The Morgan fingerprint density at radius 2 is 2.05 bits per heavy atom. The number of hydrogen-bond acceptors (Lipinski definition) is 5. The Morgan fingerprint density at radius 1 is 1.43 bits per heavy atom. The van der Waals surface area contributed by atoms with Crippen LogP contribution in [0.1, 0.15) is 0 Å². The number of nitrogens with zero attached hydrogens (tertiary/aromatic N) is 1. The summed E-state index contributed by atoms with van der Waals surface area (Å²) in [7, 11) is -1.72. The second kappa shape index (κ2) is 7.01. The average molecular weight is 344 g/mol. The van der Waals surface area contributed by atoms with Gasteiger partial charge in [-0.15, -0.1) is 0 Å². The van der Waals surface area contributed by atoms with Gasteiger partial charge in [0.25, 0.3) is 0 Å². The van der Waals surface area contributed by atoms with E-state index in [2.05, 4.69) is 9.47 Å². The first-order valence-corrected chi connectivity index (χ1v) is 7.27. The van der Waals surface area contributed by atoms with Gasteiger partial charge in [-0.3, -0.25) is 4.79 Å². The molecule has 118 valence electrons. The Hall–Kier alpha value is -1.45. The fourth-order valence-electron chi connectivity index (χ4n) is 1.34. The number of ether oxygens (including phenoxy) is 2. The topological polar surface area (TPSA) is 72.9 Å². The predicted molar refractivity (Wildman–Crippen MR) is 69.9 cm³/mol. The lowest BCUT2D eigenvalue weighted by Gasteiger charge is -2.16. The monoisotopic (exact) mass is 343 g/mol. The number of hydrogen-bond donors (Lipinski definition) is 0. The molecular weight excluding hydrogens is 332 g/mol. The highest BCUT2D eigenvalue weighted by Crippen LogP contribution is 2.29. The van der Waals surface area contributed by atoms with Crippen molar-refractivity contribution >= 4 is 27.6 Å². The zero-order valence-electron chi connectivity index (χ0n) is 11.0. The first kappa shape index (κ1) is 17.6. The van der Waals surface area contributed by atoms with Crippen molar-refractivity contribution in [3.63, 3.8) is 0 Å². The van der Waals surface area contributed by atoms with Crippen LogP contribution in [0.5, 0.6) is 5.75 Å². The van der Waals surface area contributed by atoms with E-state index in [1.54, 1.807) is 0 Å². The Labute approximate surface area is 125 Å². The molecule has 0 aliphatic rings. The number of alkyl halides is 2. The number of carbonyl (C=O) groups excluding carboxylic acids is 1. The number of methoxy groups -OCH3 is 1. The number of benzene rings is 1. The summed E-state index contributed by atoms with van der Waals surface area (Å²) in [6, 6.07) is 3.02. The number of carbonyl (C=O) groups is 1. The molecule has 6 nitrogen and oxygen atoms in total. The molecular formula is C11H12ClF2NO5S. The molecule has 0 aliphatic carbocycles. The molecule has 0 fully saturated rings. The van der Waals surface area contributed by atoms with Gasteiger partial charge in [-0.05, 0) is 18.2 Å². The van der Waals surface area contributed by atoms with E-state index in [1.807, 2.05) is 0 Å². The molecule has 1 aromatic rings. The standard InChI is InChI=1S/C11H12ClF2NO5S/c1-15(6-10(16)19-2)21(17,18)7-3-4-9(8(12)5-7)20-11(13)14/h3-5,11H,6H2,1-2H3. The first-order chi connectivity index (χ1) is 9.68. The van der Waals surface area contributed by atoms with Gasteiger partial charge in [-0.1, -0.05) is 11.6 Å². The van der Waals surface area contributed by atoms with Gasteiger partial charge in [0, 0.05) is 7.05 Å². The molecule has 0 radical (unpaired) electrons. The van der Waals surface area contributed by atoms with Gasteiger partial charge < -0.3 is 9.47 Å². The van der Waals surface area contributed by atoms with Crippen LogP contribution in [-0.4, -0.2) is 46.0 Å². The van der Waals surface area contributed by atoms with Crippen LogP contribution in [0, 0.1) is 0 Å². The second-order valence-corrected chi connectivity index (χ2v) is 6.26. The molecule has 0 heterocycles. The van der Waals surface area contributed by atoms with Crippen LogP contribution < -0.4 is 4.74 Å². The lowest BCUT2D eigenvalue weighted by atomic mass is 10.3.